The molecule has 0 radical (unpaired) electrons. The molecule has 152 valence electrons. The fourth-order valence-electron chi connectivity index (χ4n) is 3.48. The third kappa shape index (κ3) is 5.81. The van der Waals surface area contributed by atoms with Crippen LogP contribution >= 0.6 is 11.6 Å². The van der Waals surface area contributed by atoms with Gasteiger partial charge in [-0.15, -0.1) is 0 Å². The number of hydrogen-bond donors (Lipinski definition) is 2. The van der Waals surface area contributed by atoms with Crippen molar-refractivity contribution >= 4 is 29.4 Å². The van der Waals surface area contributed by atoms with Crippen molar-refractivity contribution in [3.05, 3.63) is 69.7 Å². The largest absolute Gasteiger partial charge is 0.457 e. The first-order chi connectivity index (χ1) is 13.9. The van der Waals surface area contributed by atoms with Gasteiger partial charge < -0.3 is 15.8 Å². The molecule has 0 heterocycles. The van der Waals surface area contributed by atoms with Gasteiger partial charge in [0.2, 0.25) is 0 Å². The topological polar surface area (TPSA) is 98.5 Å². The Bertz CT molecular complexity index is 912. The smallest absolute Gasteiger partial charge is 0.312 e. The summed E-state index contributed by atoms with van der Waals surface area (Å²) in [5.74, 6) is -0.859. The number of Topliss-reactive ketones (excluding diaryl/α,β-unsaturated/α-hetero) is 1. The molecule has 3 rings (SSSR count). The average molecular weight is 415 g/mol. The van der Waals surface area contributed by atoms with Crippen molar-refractivity contribution in [1.82, 2.24) is 5.32 Å². The Morgan fingerprint density at radius 3 is 2.41 bits per heavy atom. The fraction of sp³-hybridized carbons (Fsp3) is 0.318. The summed E-state index contributed by atoms with van der Waals surface area (Å²) >= 11 is 5.87. The molecule has 2 aromatic carbocycles. The number of amides is 2. The molecule has 0 saturated heterocycles. The third-order valence-electron chi connectivity index (χ3n) is 4.99. The molecular formula is C22H23ClN2O4. The van der Waals surface area contributed by atoms with Gasteiger partial charge in [0.25, 0.3) is 0 Å². The number of benzene rings is 2. The van der Waals surface area contributed by atoms with Gasteiger partial charge in [0, 0.05) is 10.6 Å². The minimum atomic E-state index is -0.761. The standard InChI is InChI=1S/C22H23ClN2O4/c23-18-9-7-15(8-10-18)19(25-22(24)28)12-21(27)29-13-20(26)17-6-5-14-3-1-2-4-16(14)11-17/h5-11,19H,1-4,12-13H2,(H3,24,25,28)/t19-/m1/s1. The van der Waals surface area contributed by atoms with Gasteiger partial charge in [-0.25, -0.2) is 4.79 Å². The number of primary amides is 1. The van der Waals surface area contributed by atoms with Crippen LogP contribution in [0.5, 0.6) is 0 Å². The number of rotatable bonds is 7. The highest BCUT2D eigenvalue weighted by Crippen LogP contribution is 2.23. The minimum Gasteiger partial charge on any atom is -0.457 e. The lowest BCUT2D eigenvalue weighted by Crippen LogP contribution is -2.34. The van der Waals surface area contributed by atoms with Crippen LogP contribution in [-0.4, -0.2) is 24.4 Å². The van der Waals surface area contributed by atoms with Crippen molar-refractivity contribution in [3.8, 4) is 0 Å². The van der Waals surface area contributed by atoms with E-state index < -0.39 is 18.0 Å². The number of hydrogen-bond acceptors (Lipinski definition) is 4. The van der Waals surface area contributed by atoms with Crippen molar-refractivity contribution in [1.29, 1.82) is 0 Å². The summed E-state index contributed by atoms with van der Waals surface area (Å²) < 4.78 is 5.15. The second-order valence-electron chi connectivity index (χ2n) is 7.09. The number of nitrogens with two attached hydrogens (primary N) is 1. The molecule has 7 heteroatoms. The molecule has 0 fully saturated rings. The van der Waals surface area contributed by atoms with Crippen molar-refractivity contribution in [2.24, 2.45) is 5.73 Å². The van der Waals surface area contributed by atoms with E-state index in [0.29, 0.717) is 16.1 Å². The van der Waals surface area contributed by atoms with E-state index in [1.54, 1.807) is 30.3 Å². The van der Waals surface area contributed by atoms with Gasteiger partial charge in [0.1, 0.15) is 0 Å². The molecule has 0 aromatic heterocycles. The van der Waals surface area contributed by atoms with Crippen molar-refractivity contribution in [2.75, 3.05) is 6.61 Å². The normalized spacial score (nSPS) is 13.8. The van der Waals surface area contributed by atoms with E-state index >= 15 is 0 Å². The molecule has 3 N–H and O–H groups in total. The van der Waals surface area contributed by atoms with E-state index in [4.69, 9.17) is 22.1 Å². The number of ketones is 1. The first kappa shape index (κ1) is 20.9. The van der Waals surface area contributed by atoms with Gasteiger partial charge in [0.15, 0.2) is 12.4 Å². The quantitative estimate of drug-likeness (QED) is 0.532. The maximum absolute atomic E-state index is 12.4. The van der Waals surface area contributed by atoms with Crippen LogP contribution in [0.15, 0.2) is 42.5 Å². The Balaban J connectivity index is 1.59. The van der Waals surface area contributed by atoms with Crippen LogP contribution in [0.4, 0.5) is 4.79 Å². The van der Waals surface area contributed by atoms with E-state index in [-0.39, 0.29) is 18.8 Å². The monoisotopic (exact) mass is 414 g/mol. The summed E-state index contributed by atoms with van der Waals surface area (Å²) in [5, 5.41) is 3.04. The molecule has 0 unspecified atom stereocenters. The number of ether oxygens (including phenoxy) is 1. The summed E-state index contributed by atoms with van der Waals surface area (Å²) in [6.07, 6.45) is 4.15. The molecule has 1 aliphatic carbocycles. The third-order valence-corrected chi connectivity index (χ3v) is 5.25. The van der Waals surface area contributed by atoms with Crippen LogP contribution in [0.25, 0.3) is 0 Å². The average Bonchev–Trinajstić information content (AvgIpc) is 2.71. The van der Waals surface area contributed by atoms with E-state index in [1.807, 2.05) is 12.1 Å². The predicted octanol–water partition coefficient (Wildman–Crippen LogP) is 3.74. The zero-order chi connectivity index (χ0) is 20.8. The minimum absolute atomic E-state index is 0.151. The van der Waals surface area contributed by atoms with Crippen LogP contribution in [0.3, 0.4) is 0 Å². The fourth-order valence-corrected chi connectivity index (χ4v) is 3.61. The molecule has 2 amide bonds. The summed E-state index contributed by atoms with van der Waals surface area (Å²) in [6.45, 7) is -0.346. The Hall–Kier alpha value is -2.86. The van der Waals surface area contributed by atoms with E-state index in [2.05, 4.69) is 5.32 Å². The molecular weight excluding hydrogens is 392 g/mol. The lowest BCUT2D eigenvalue weighted by molar-refractivity contribution is -0.143. The summed E-state index contributed by atoms with van der Waals surface area (Å²) in [6, 6.07) is 10.9. The molecule has 0 spiro atoms. The SMILES string of the molecule is NC(=O)N[C@H](CC(=O)OCC(=O)c1ccc2c(c1)CCCC2)c1ccc(Cl)cc1. The van der Waals surface area contributed by atoms with Gasteiger partial charge in [-0.2, -0.15) is 0 Å². The van der Waals surface area contributed by atoms with Crippen LogP contribution in [0.1, 0.15) is 52.4 Å². The number of fused-ring (bicyclic) bond motifs is 1. The Morgan fingerprint density at radius 2 is 1.72 bits per heavy atom. The number of esters is 1. The molecule has 0 bridgehead atoms. The Morgan fingerprint density at radius 1 is 1.03 bits per heavy atom. The predicted molar refractivity (Wildman–Crippen MR) is 110 cm³/mol. The number of nitrogens with one attached hydrogen (secondary N) is 1. The van der Waals surface area contributed by atoms with Crippen LogP contribution < -0.4 is 11.1 Å². The number of carbonyl (C=O) groups is 3. The first-order valence-electron chi connectivity index (χ1n) is 9.54. The number of urea groups is 1. The van der Waals surface area contributed by atoms with Gasteiger partial charge in [0.05, 0.1) is 12.5 Å². The highest BCUT2D eigenvalue weighted by atomic mass is 35.5. The molecule has 1 aliphatic rings. The highest BCUT2D eigenvalue weighted by molar-refractivity contribution is 6.30. The Kier molecular flexibility index (Phi) is 6.88. The number of halogens is 1. The molecule has 29 heavy (non-hydrogen) atoms. The maximum atomic E-state index is 12.4. The molecule has 2 aromatic rings. The molecule has 6 nitrogen and oxygen atoms in total. The Labute approximate surface area is 174 Å². The summed E-state index contributed by atoms with van der Waals surface area (Å²) in [4.78, 5) is 36.0. The first-order valence-corrected chi connectivity index (χ1v) is 9.92. The van der Waals surface area contributed by atoms with Gasteiger partial charge in [-0.1, -0.05) is 35.9 Å². The lowest BCUT2D eigenvalue weighted by Gasteiger charge is -2.18. The second kappa shape index (κ2) is 9.56. The van der Waals surface area contributed by atoms with Crippen molar-refractivity contribution < 1.29 is 19.1 Å². The zero-order valence-corrected chi connectivity index (χ0v) is 16.7. The molecule has 0 saturated carbocycles. The summed E-state index contributed by atoms with van der Waals surface area (Å²) in [5.41, 5.74) is 8.89. The molecule has 0 aliphatic heterocycles. The second-order valence-corrected chi connectivity index (χ2v) is 7.53. The van der Waals surface area contributed by atoms with Crippen LogP contribution in [-0.2, 0) is 22.4 Å². The van der Waals surface area contributed by atoms with Gasteiger partial charge in [-0.05, 0) is 60.6 Å². The van der Waals surface area contributed by atoms with E-state index in [0.717, 1.165) is 19.3 Å². The van der Waals surface area contributed by atoms with Crippen molar-refractivity contribution in [3.63, 3.8) is 0 Å². The summed E-state index contributed by atoms with van der Waals surface area (Å²) in [7, 11) is 0. The zero-order valence-electron chi connectivity index (χ0n) is 15.9. The molecule has 1 atom stereocenters. The number of carbonyl (C=O) groups excluding carboxylic acids is 3. The maximum Gasteiger partial charge on any atom is 0.312 e. The van der Waals surface area contributed by atoms with E-state index in [9.17, 15) is 14.4 Å². The lowest BCUT2D eigenvalue weighted by atomic mass is 9.90. The van der Waals surface area contributed by atoms with Crippen LogP contribution in [0.2, 0.25) is 5.02 Å². The number of aryl methyl sites for hydroxylation is 2. The van der Waals surface area contributed by atoms with Gasteiger partial charge >= 0.3 is 12.0 Å². The van der Waals surface area contributed by atoms with Gasteiger partial charge in [-0.3, -0.25) is 9.59 Å². The van der Waals surface area contributed by atoms with Crippen LogP contribution in [0, 0.1) is 0 Å². The van der Waals surface area contributed by atoms with E-state index in [1.165, 1.54) is 17.5 Å². The van der Waals surface area contributed by atoms with Crippen molar-refractivity contribution in [2.45, 2.75) is 38.1 Å². The highest BCUT2D eigenvalue weighted by Gasteiger charge is 2.20.